The molecule has 0 saturated carbocycles. The minimum Gasteiger partial charge on any atom is -0.478 e. The summed E-state index contributed by atoms with van der Waals surface area (Å²) in [6.45, 7) is 3.97. The van der Waals surface area contributed by atoms with Gasteiger partial charge in [0.25, 0.3) is 10.0 Å². The maximum atomic E-state index is 12.4. The van der Waals surface area contributed by atoms with Crippen LogP contribution in [0.3, 0.4) is 0 Å². The summed E-state index contributed by atoms with van der Waals surface area (Å²) in [5, 5.41) is 13.0. The zero-order valence-electron chi connectivity index (χ0n) is 11.6. The van der Waals surface area contributed by atoms with E-state index >= 15 is 0 Å². The number of aromatic carboxylic acids is 1. The second kappa shape index (κ2) is 5.57. The molecule has 1 aromatic heterocycles. The number of carbonyl (C=O) groups is 1. The van der Waals surface area contributed by atoms with Crippen LogP contribution in [0.2, 0.25) is 0 Å². The van der Waals surface area contributed by atoms with Crippen LogP contribution in [-0.2, 0) is 16.6 Å². The number of sulfonamides is 1. The van der Waals surface area contributed by atoms with E-state index < -0.39 is 16.0 Å². The van der Waals surface area contributed by atoms with Crippen molar-refractivity contribution in [2.75, 3.05) is 4.72 Å². The molecule has 2 N–H and O–H groups in total. The van der Waals surface area contributed by atoms with Gasteiger partial charge in [0, 0.05) is 12.7 Å². The summed E-state index contributed by atoms with van der Waals surface area (Å²) in [6.07, 6.45) is 2.96. The Morgan fingerprint density at radius 1 is 1.43 bits per heavy atom. The molecule has 0 radical (unpaired) electrons. The van der Waals surface area contributed by atoms with Crippen molar-refractivity contribution < 1.29 is 18.3 Å². The number of nitrogens with zero attached hydrogens (tertiary/aromatic N) is 2. The quantitative estimate of drug-likeness (QED) is 0.875. The van der Waals surface area contributed by atoms with Gasteiger partial charge in [0.1, 0.15) is 0 Å². The van der Waals surface area contributed by atoms with Gasteiger partial charge in [-0.25, -0.2) is 13.2 Å². The number of rotatable bonds is 5. The highest BCUT2D eigenvalue weighted by Gasteiger charge is 2.21. The second-order valence-corrected chi connectivity index (χ2v) is 6.07. The van der Waals surface area contributed by atoms with E-state index in [1.807, 2.05) is 6.92 Å². The van der Waals surface area contributed by atoms with E-state index in [2.05, 4.69) is 9.82 Å². The van der Waals surface area contributed by atoms with E-state index in [9.17, 15) is 13.2 Å². The molecule has 0 aliphatic rings. The molecule has 0 fully saturated rings. The summed E-state index contributed by atoms with van der Waals surface area (Å²) in [7, 11) is -3.86. The van der Waals surface area contributed by atoms with Gasteiger partial charge in [-0.15, -0.1) is 0 Å². The van der Waals surface area contributed by atoms with Crippen molar-refractivity contribution in [3.05, 3.63) is 41.7 Å². The molecular formula is C13H15N3O4S. The molecule has 2 aromatic rings. The van der Waals surface area contributed by atoms with Crippen LogP contribution in [-0.4, -0.2) is 29.3 Å². The van der Waals surface area contributed by atoms with Crippen molar-refractivity contribution in [1.82, 2.24) is 9.78 Å². The van der Waals surface area contributed by atoms with Crippen LogP contribution < -0.4 is 4.72 Å². The lowest BCUT2D eigenvalue weighted by atomic mass is 10.1. The summed E-state index contributed by atoms with van der Waals surface area (Å²) in [6, 6.07) is 4.14. The van der Waals surface area contributed by atoms with Crippen molar-refractivity contribution in [2.24, 2.45) is 0 Å². The summed E-state index contributed by atoms with van der Waals surface area (Å²) < 4.78 is 28.7. The third-order valence-electron chi connectivity index (χ3n) is 3.01. The molecule has 0 aliphatic carbocycles. The molecule has 112 valence electrons. The predicted molar refractivity (Wildman–Crippen MR) is 76.8 cm³/mol. The molecule has 21 heavy (non-hydrogen) atoms. The minimum absolute atomic E-state index is 0.0397. The maximum absolute atomic E-state index is 12.4. The molecule has 0 bridgehead atoms. The third-order valence-corrected chi connectivity index (χ3v) is 4.54. The minimum atomic E-state index is -3.86. The van der Waals surface area contributed by atoms with Crippen molar-refractivity contribution in [3.63, 3.8) is 0 Å². The molecule has 0 aliphatic heterocycles. The Hall–Kier alpha value is -2.35. The summed E-state index contributed by atoms with van der Waals surface area (Å²) >= 11 is 0. The lowest BCUT2D eigenvalue weighted by Gasteiger charge is -2.10. The van der Waals surface area contributed by atoms with Crippen molar-refractivity contribution in [1.29, 1.82) is 0 Å². The normalized spacial score (nSPS) is 11.3. The molecule has 0 saturated heterocycles. The van der Waals surface area contributed by atoms with E-state index in [4.69, 9.17) is 5.11 Å². The van der Waals surface area contributed by atoms with Crippen LogP contribution in [0.25, 0.3) is 0 Å². The fourth-order valence-electron chi connectivity index (χ4n) is 1.94. The molecule has 0 atom stereocenters. The molecule has 7 nitrogen and oxygen atoms in total. The first-order valence-electron chi connectivity index (χ1n) is 6.23. The lowest BCUT2D eigenvalue weighted by Crippen LogP contribution is -2.15. The number of nitrogens with one attached hydrogen (secondary N) is 1. The summed E-state index contributed by atoms with van der Waals surface area (Å²) in [5.74, 6) is -1.16. The number of hydrogen-bond acceptors (Lipinski definition) is 4. The highest BCUT2D eigenvalue weighted by atomic mass is 32.2. The zero-order valence-corrected chi connectivity index (χ0v) is 12.4. The Labute approximate surface area is 122 Å². The topological polar surface area (TPSA) is 101 Å². The van der Waals surface area contributed by atoms with Gasteiger partial charge in [0.05, 0.1) is 22.3 Å². The van der Waals surface area contributed by atoms with Crippen LogP contribution in [0.5, 0.6) is 0 Å². The third kappa shape index (κ3) is 3.05. The maximum Gasteiger partial charge on any atom is 0.335 e. The van der Waals surface area contributed by atoms with Gasteiger partial charge in [-0.2, -0.15) is 5.10 Å². The molecular weight excluding hydrogens is 294 g/mol. The molecule has 1 heterocycles. The number of carboxylic acid groups (broad SMARTS) is 1. The SMILES string of the molecule is CCn1cc(NS(=O)(=O)c2cccc(C(=O)O)c2C)cn1. The number of anilines is 1. The Balaban J connectivity index is 2.40. The number of aromatic nitrogens is 2. The zero-order chi connectivity index (χ0) is 15.6. The Kier molecular flexibility index (Phi) is 3.99. The van der Waals surface area contributed by atoms with E-state index in [-0.39, 0.29) is 16.0 Å². The van der Waals surface area contributed by atoms with Crippen LogP contribution in [0.1, 0.15) is 22.8 Å². The van der Waals surface area contributed by atoms with Crippen LogP contribution in [0.4, 0.5) is 5.69 Å². The first kappa shape index (κ1) is 15.0. The van der Waals surface area contributed by atoms with Crippen LogP contribution >= 0.6 is 0 Å². The number of benzene rings is 1. The van der Waals surface area contributed by atoms with Gasteiger partial charge in [0.15, 0.2) is 0 Å². The number of hydrogen-bond donors (Lipinski definition) is 2. The second-order valence-electron chi connectivity index (χ2n) is 4.42. The van der Waals surface area contributed by atoms with Gasteiger partial charge in [0.2, 0.25) is 0 Å². The molecule has 0 spiro atoms. The van der Waals surface area contributed by atoms with Gasteiger partial charge in [-0.05, 0) is 31.5 Å². The van der Waals surface area contributed by atoms with E-state index in [0.29, 0.717) is 12.2 Å². The van der Waals surface area contributed by atoms with Crippen LogP contribution in [0.15, 0.2) is 35.5 Å². The van der Waals surface area contributed by atoms with E-state index in [1.165, 1.54) is 31.3 Å². The number of aryl methyl sites for hydroxylation is 1. The predicted octanol–water partition coefficient (Wildman–Crippen LogP) is 1.71. The molecule has 2 rings (SSSR count). The first-order valence-corrected chi connectivity index (χ1v) is 7.71. The average Bonchev–Trinajstić information content (AvgIpc) is 2.85. The summed E-state index contributed by atoms with van der Waals surface area (Å²) in [4.78, 5) is 11.0. The monoisotopic (exact) mass is 309 g/mol. The number of carboxylic acids is 1. The average molecular weight is 309 g/mol. The van der Waals surface area contributed by atoms with Gasteiger partial charge >= 0.3 is 5.97 Å². The largest absolute Gasteiger partial charge is 0.478 e. The Bertz CT molecular complexity index is 780. The smallest absolute Gasteiger partial charge is 0.335 e. The van der Waals surface area contributed by atoms with Crippen molar-refractivity contribution in [2.45, 2.75) is 25.3 Å². The first-order chi connectivity index (χ1) is 9.85. The van der Waals surface area contributed by atoms with E-state index in [0.717, 1.165) is 0 Å². The van der Waals surface area contributed by atoms with E-state index in [1.54, 1.807) is 10.9 Å². The fraction of sp³-hybridized carbons (Fsp3) is 0.231. The van der Waals surface area contributed by atoms with Gasteiger partial charge < -0.3 is 5.11 Å². The van der Waals surface area contributed by atoms with Gasteiger partial charge in [-0.1, -0.05) is 6.07 Å². The van der Waals surface area contributed by atoms with Crippen molar-refractivity contribution in [3.8, 4) is 0 Å². The standard InChI is InChI=1S/C13H15N3O4S/c1-3-16-8-10(7-14-16)15-21(19,20)12-6-4-5-11(9(12)2)13(17)18/h4-8,15H,3H2,1-2H3,(H,17,18). The highest BCUT2D eigenvalue weighted by Crippen LogP contribution is 2.21. The van der Waals surface area contributed by atoms with Crippen molar-refractivity contribution >= 4 is 21.7 Å². The molecule has 8 heteroatoms. The fourth-order valence-corrected chi connectivity index (χ4v) is 3.23. The highest BCUT2D eigenvalue weighted by molar-refractivity contribution is 7.92. The Morgan fingerprint density at radius 3 is 2.71 bits per heavy atom. The van der Waals surface area contributed by atoms with Crippen LogP contribution in [0, 0.1) is 6.92 Å². The molecule has 0 unspecified atom stereocenters. The molecule has 1 aromatic carbocycles. The van der Waals surface area contributed by atoms with Gasteiger partial charge in [-0.3, -0.25) is 9.40 Å². The summed E-state index contributed by atoms with van der Waals surface area (Å²) in [5.41, 5.74) is 0.486. The molecule has 0 amide bonds. The lowest BCUT2D eigenvalue weighted by molar-refractivity contribution is 0.0696. The Morgan fingerprint density at radius 2 is 2.14 bits per heavy atom.